The molecule has 1 N–H and O–H groups in total. The first-order chi connectivity index (χ1) is 13.4. The van der Waals surface area contributed by atoms with Crippen LogP contribution >= 0.6 is 0 Å². The topological polar surface area (TPSA) is 59.0 Å². The van der Waals surface area contributed by atoms with Crippen molar-refractivity contribution in [3.63, 3.8) is 0 Å². The van der Waals surface area contributed by atoms with E-state index in [1.165, 1.54) is 5.57 Å². The highest BCUT2D eigenvalue weighted by atomic mass is 16.7. The summed E-state index contributed by atoms with van der Waals surface area (Å²) in [4.78, 5) is 16.8. The van der Waals surface area contributed by atoms with Crippen molar-refractivity contribution in [2.75, 3.05) is 27.3 Å². The first-order valence-electron chi connectivity index (χ1n) is 11.2. The van der Waals surface area contributed by atoms with Gasteiger partial charge in [0.2, 0.25) is 11.6 Å². The minimum atomic E-state index is -1.15. The zero-order valence-electron chi connectivity index (χ0n) is 17.5. The van der Waals surface area contributed by atoms with Crippen LogP contribution in [0.2, 0.25) is 0 Å². The molecule has 154 valence electrons. The molecule has 5 heteroatoms. The second kappa shape index (κ2) is 5.11. The van der Waals surface area contributed by atoms with Crippen molar-refractivity contribution >= 4 is 5.78 Å². The van der Waals surface area contributed by atoms with Crippen LogP contribution < -0.4 is 0 Å². The number of hydrogen-bond acceptors (Lipinski definition) is 5. The summed E-state index contributed by atoms with van der Waals surface area (Å²) in [6.07, 6.45) is 6.84. The second-order valence-corrected chi connectivity index (χ2v) is 10.6. The van der Waals surface area contributed by atoms with Gasteiger partial charge < -0.3 is 14.6 Å². The second-order valence-electron chi connectivity index (χ2n) is 10.6. The number of ketones is 1. The van der Waals surface area contributed by atoms with E-state index in [2.05, 4.69) is 24.8 Å². The van der Waals surface area contributed by atoms with Gasteiger partial charge in [-0.15, -0.1) is 0 Å². The molecule has 0 amide bonds. The van der Waals surface area contributed by atoms with E-state index in [0.29, 0.717) is 17.9 Å². The Kier molecular flexibility index (Phi) is 3.29. The number of rotatable bonds is 3. The fraction of sp³-hybridized carbons (Fsp3) is 0.870. The molecular formula is C23H33NO4. The Balaban J connectivity index is 1.64. The Morgan fingerprint density at radius 2 is 2.00 bits per heavy atom. The fourth-order valence-corrected chi connectivity index (χ4v) is 9.58. The summed E-state index contributed by atoms with van der Waals surface area (Å²) < 4.78 is 11.6. The molecule has 2 saturated heterocycles. The van der Waals surface area contributed by atoms with Crippen molar-refractivity contribution in [1.82, 2.24) is 4.90 Å². The molecule has 4 saturated carbocycles. The maximum absolute atomic E-state index is 14.1. The third-order valence-corrected chi connectivity index (χ3v) is 10.4. The number of fused-ring (bicyclic) bond motifs is 3. The lowest BCUT2D eigenvalue weighted by Crippen LogP contribution is -2.81. The molecule has 6 fully saturated rings. The zero-order chi connectivity index (χ0) is 19.7. The number of aliphatic hydroxyl groups excluding tert-OH is 1. The fourth-order valence-electron chi connectivity index (χ4n) is 9.58. The van der Waals surface area contributed by atoms with Crippen molar-refractivity contribution in [3.8, 4) is 0 Å². The Hall–Kier alpha value is -0.750. The lowest BCUT2D eigenvalue weighted by Gasteiger charge is -2.78. The van der Waals surface area contributed by atoms with E-state index < -0.39 is 11.2 Å². The molecule has 8 atom stereocenters. The van der Waals surface area contributed by atoms with Crippen molar-refractivity contribution in [1.29, 1.82) is 0 Å². The number of nitrogens with zero attached hydrogens (tertiary/aromatic N) is 1. The van der Waals surface area contributed by atoms with Crippen LogP contribution in [-0.4, -0.2) is 61.0 Å². The lowest BCUT2D eigenvalue weighted by molar-refractivity contribution is -0.284. The van der Waals surface area contributed by atoms with Crippen LogP contribution in [0.1, 0.15) is 46.0 Å². The van der Waals surface area contributed by atoms with Gasteiger partial charge in [-0.3, -0.25) is 9.69 Å². The molecule has 0 radical (unpaired) electrons. The number of Topliss-reactive ketones (excluding diaryl/α,β-unsaturated/α-hetero) is 1. The van der Waals surface area contributed by atoms with E-state index in [-0.39, 0.29) is 28.6 Å². The van der Waals surface area contributed by atoms with Crippen LogP contribution in [0.3, 0.4) is 0 Å². The Labute approximate surface area is 167 Å². The minimum Gasteiger partial charge on any atom is -0.392 e. The summed E-state index contributed by atoms with van der Waals surface area (Å²) in [5, 5.41) is 11.5. The van der Waals surface area contributed by atoms with Gasteiger partial charge in [-0.25, -0.2) is 0 Å². The molecule has 6 aliphatic carbocycles. The molecule has 0 aromatic heterocycles. The first-order valence-corrected chi connectivity index (χ1v) is 11.2. The SMILES string of the molecule is CCN1CC2CC3C4(C)CCC(O)C3(C3=CC5CCC32C(=O)C5(OC)OC)C14. The third kappa shape index (κ3) is 1.45. The van der Waals surface area contributed by atoms with Crippen LogP contribution in [0, 0.1) is 34.0 Å². The highest BCUT2D eigenvalue weighted by Crippen LogP contribution is 2.82. The summed E-state index contributed by atoms with van der Waals surface area (Å²) in [5.41, 5.74) is 0.806. The lowest BCUT2D eigenvalue weighted by atomic mass is 9.27. The normalized spacial score (nSPS) is 55.4. The van der Waals surface area contributed by atoms with Crippen LogP contribution in [0.15, 0.2) is 11.6 Å². The monoisotopic (exact) mass is 387 g/mol. The maximum atomic E-state index is 14.1. The summed E-state index contributed by atoms with van der Waals surface area (Å²) >= 11 is 0. The predicted molar refractivity (Wildman–Crippen MR) is 103 cm³/mol. The number of carbonyl (C=O) groups is 1. The largest absolute Gasteiger partial charge is 0.392 e. The number of hydrogen-bond donors (Lipinski definition) is 1. The molecule has 0 aromatic rings. The zero-order valence-corrected chi connectivity index (χ0v) is 17.5. The molecule has 2 aliphatic heterocycles. The Bertz CT molecular complexity index is 789. The van der Waals surface area contributed by atoms with Gasteiger partial charge in [0, 0.05) is 38.1 Å². The van der Waals surface area contributed by atoms with Gasteiger partial charge in [0.05, 0.1) is 11.5 Å². The van der Waals surface area contributed by atoms with Crippen molar-refractivity contribution in [2.45, 2.75) is 63.9 Å². The summed E-state index contributed by atoms with van der Waals surface area (Å²) in [7, 11) is 3.23. The molecule has 8 unspecified atom stereocenters. The Morgan fingerprint density at radius 3 is 2.68 bits per heavy atom. The van der Waals surface area contributed by atoms with Gasteiger partial charge in [0.15, 0.2) is 0 Å². The van der Waals surface area contributed by atoms with E-state index >= 15 is 0 Å². The molecule has 8 rings (SSSR count). The maximum Gasteiger partial charge on any atom is 0.235 e. The van der Waals surface area contributed by atoms with Gasteiger partial charge in [-0.2, -0.15) is 0 Å². The average Bonchev–Trinajstić information content (AvgIpc) is 3.02. The van der Waals surface area contributed by atoms with Crippen molar-refractivity contribution < 1.29 is 19.4 Å². The smallest absolute Gasteiger partial charge is 0.235 e. The van der Waals surface area contributed by atoms with E-state index in [9.17, 15) is 9.90 Å². The van der Waals surface area contributed by atoms with Gasteiger partial charge in [-0.05, 0) is 61.5 Å². The van der Waals surface area contributed by atoms with E-state index in [4.69, 9.17) is 9.47 Å². The van der Waals surface area contributed by atoms with Crippen molar-refractivity contribution in [2.24, 2.45) is 34.0 Å². The predicted octanol–water partition coefficient (Wildman–Crippen LogP) is 2.38. The molecule has 5 nitrogen and oxygen atoms in total. The first kappa shape index (κ1) is 18.1. The average molecular weight is 388 g/mol. The van der Waals surface area contributed by atoms with Gasteiger partial charge >= 0.3 is 0 Å². The summed E-state index contributed by atoms with van der Waals surface area (Å²) in [6, 6.07) is 0.362. The highest BCUT2D eigenvalue weighted by molar-refractivity contribution is 5.98. The molecule has 2 heterocycles. The Morgan fingerprint density at radius 1 is 1.25 bits per heavy atom. The highest BCUT2D eigenvalue weighted by Gasteiger charge is 2.84. The quantitative estimate of drug-likeness (QED) is 0.595. The molecule has 0 aromatic carbocycles. The standard InChI is InChI=1S/C23H33NO4/c1-5-24-12-14-11-15-20(2)8-7-17(25)22(15,18(20)24)16-10-13-6-9-21(14,16)19(26)23(13,27-3)28-4/h10,13-15,17-18,25H,5-9,11-12H2,1-4H3. The minimum absolute atomic E-state index is 0.0459. The van der Waals surface area contributed by atoms with Gasteiger partial charge in [-0.1, -0.05) is 19.9 Å². The summed E-state index contributed by atoms with van der Waals surface area (Å²) in [5.74, 6) is -0.256. The van der Waals surface area contributed by atoms with Crippen molar-refractivity contribution in [3.05, 3.63) is 11.6 Å². The molecule has 8 aliphatic rings. The van der Waals surface area contributed by atoms with E-state index in [0.717, 1.165) is 45.2 Å². The van der Waals surface area contributed by atoms with Gasteiger partial charge in [0.1, 0.15) is 0 Å². The van der Waals surface area contributed by atoms with Crippen LogP contribution in [0.4, 0.5) is 0 Å². The number of aliphatic hydroxyl groups is 1. The van der Waals surface area contributed by atoms with Crippen LogP contribution in [0.5, 0.6) is 0 Å². The summed E-state index contributed by atoms with van der Waals surface area (Å²) in [6.45, 7) is 6.63. The van der Waals surface area contributed by atoms with Gasteiger partial charge in [0.25, 0.3) is 0 Å². The third-order valence-electron chi connectivity index (χ3n) is 10.4. The molecular weight excluding hydrogens is 354 g/mol. The van der Waals surface area contributed by atoms with Crippen LogP contribution in [0.25, 0.3) is 0 Å². The molecule has 2 spiro atoms. The van der Waals surface area contributed by atoms with Crippen LogP contribution in [-0.2, 0) is 14.3 Å². The number of carbonyl (C=O) groups excluding carboxylic acids is 1. The number of methoxy groups -OCH3 is 2. The van der Waals surface area contributed by atoms with E-state index in [1.807, 2.05) is 0 Å². The van der Waals surface area contributed by atoms with E-state index in [1.54, 1.807) is 14.2 Å². The molecule has 28 heavy (non-hydrogen) atoms. The number of ether oxygens (including phenoxy) is 2. The molecule has 7 bridgehead atoms.